The number of hydrogen-bond donors (Lipinski definition) is 4. The Hall–Kier alpha value is -0.930. The Balaban J connectivity index is 4.17. The zero-order chi connectivity index (χ0) is 10.4. The molecule has 74 valence electrons. The van der Waals surface area contributed by atoms with E-state index in [9.17, 15) is 4.79 Å². The number of aliphatic hydroxyl groups excluding tert-OH is 4. The molecule has 0 aliphatic rings. The molecule has 0 bridgehead atoms. The third-order valence-corrected chi connectivity index (χ3v) is 1.51. The van der Waals surface area contributed by atoms with Gasteiger partial charge < -0.3 is 20.4 Å². The van der Waals surface area contributed by atoms with E-state index in [2.05, 4.69) is 0 Å². The minimum atomic E-state index is -1.75. The van der Waals surface area contributed by atoms with Crippen molar-refractivity contribution in [3.8, 4) is 12.3 Å². The Labute approximate surface area is 75.6 Å². The van der Waals surface area contributed by atoms with Gasteiger partial charge in [0.2, 0.25) is 0 Å². The fourth-order valence-electron chi connectivity index (χ4n) is 0.714. The van der Waals surface area contributed by atoms with Gasteiger partial charge in [0.1, 0.15) is 18.3 Å². The van der Waals surface area contributed by atoms with Gasteiger partial charge in [-0.2, -0.15) is 0 Å². The number of terminal acetylenes is 1. The number of rotatable bonds is 5. The predicted octanol–water partition coefficient (Wildman–Crippen LogP) is -2.35. The largest absolute Gasteiger partial charge is 0.394 e. The van der Waals surface area contributed by atoms with Crippen molar-refractivity contribution < 1.29 is 25.2 Å². The van der Waals surface area contributed by atoms with Gasteiger partial charge in [-0.1, -0.05) is 5.92 Å². The van der Waals surface area contributed by atoms with E-state index >= 15 is 0 Å². The van der Waals surface area contributed by atoms with E-state index in [0.717, 1.165) is 0 Å². The van der Waals surface area contributed by atoms with Crippen molar-refractivity contribution in [3.63, 3.8) is 0 Å². The first-order valence-corrected chi connectivity index (χ1v) is 3.65. The Morgan fingerprint density at radius 1 is 1.38 bits per heavy atom. The predicted molar refractivity (Wildman–Crippen MR) is 43.6 cm³/mol. The molecule has 0 heterocycles. The van der Waals surface area contributed by atoms with Crippen molar-refractivity contribution in [2.45, 2.75) is 24.7 Å². The van der Waals surface area contributed by atoms with Crippen LogP contribution in [0.4, 0.5) is 0 Å². The van der Waals surface area contributed by atoms with Gasteiger partial charge in [0.15, 0.2) is 5.78 Å². The molecule has 5 heteroatoms. The molecule has 0 rings (SSSR count). The highest BCUT2D eigenvalue weighted by atomic mass is 16.4. The first-order chi connectivity index (χ1) is 6.04. The Kier molecular flexibility index (Phi) is 5.26. The van der Waals surface area contributed by atoms with E-state index in [-0.39, 0.29) is 6.42 Å². The lowest BCUT2D eigenvalue weighted by molar-refractivity contribution is -0.139. The number of carbonyl (C=O) groups excluding carboxylic acids is 1. The average Bonchev–Trinajstić information content (AvgIpc) is 2.14. The maximum atomic E-state index is 10.9. The summed E-state index contributed by atoms with van der Waals surface area (Å²) in [6, 6.07) is 0. The SMILES string of the molecule is C#CCC(=O)[C@H](O)[C@H](O)[C@H](O)CO. The van der Waals surface area contributed by atoms with Crippen LogP contribution in [-0.2, 0) is 4.79 Å². The van der Waals surface area contributed by atoms with Crippen molar-refractivity contribution >= 4 is 5.78 Å². The normalized spacial score (nSPS) is 17.2. The molecule has 0 aliphatic heterocycles. The molecular formula is C8H12O5. The summed E-state index contributed by atoms with van der Waals surface area (Å²) in [6.45, 7) is -0.735. The number of ketones is 1. The molecule has 0 aromatic carbocycles. The van der Waals surface area contributed by atoms with E-state index in [1.807, 2.05) is 5.92 Å². The molecule has 13 heavy (non-hydrogen) atoms. The molecule has 5 nitrogen and oxygen atoms in total. The first-order valence-electron chi connectivity index (χ1n) is 3.65. The lowest BCUT2D eigenvalue weighted by Crippen LogP contribution is -2.43. The van der Waals surface area contributed by atoms with Crippen LogP contribution < -0.4 is 0 Å². The molecule has 0 unspecified atom stereocenters. The Morgan fingerprint density at radius 2 is 1.92 bits per heavy atom. The summed E-state index contributed by atoms with van der Waals surface area (Å²) >= 11 is 0. The van der Waals surface area contributed by atoms with Crippen LogP contribution in [0.15, 0.2) is 0 Å². The van der Waals surface area contributed by atoms with Crippen LogP contribution >= 0.6 is 0 Å². The monoisotopic (exact) mass is 188 g/mol. The molecule has 0 aromatic rings. The second kappa shape index (κ2) is 5.67. The van der Waals surface area contributed by atoms with Crippen LogP contribution in [0.5, 0.6) is 0 Å². The van der Waals surface area contributed by atoms with Crippen molar-refractivity contribution in [2.75, 3.05) is 6.61 Å². The number of aliphatic hydroxyl groups is 4. The standard InChI is InChI=1S/C8H12O5/c1-2-3-5(10)7(12)8(13)6(11)4-9/h1,6-9,11-13H,3-4H2/t6-,7+,8-/m1/s1. The summed E-state index contributed by atoms with van der Waals surface area (Å²) in [4.78, 5) is 10.9. The van der Waals surface area contributed by atoms with Crippen LogP contribution in [0.1, 0.15) is 6.42 Å². The molecule has 0 spiro atoms. The van der Waals surface area contributed by atoms with Crippen molar-refractivity contribution in [1.29, 1.82) is 0 Å². The Morgan fingerprint density at radius 3 is 2.31 bits per heavy atom. The van der Waals surface area contributed by atoms with Crippen LogP contribution in [0.25, 0.3) is 0 Å². The summed E-state index contributed by atoms with van der Waals surface area (Å²) < 4.78 is 0. The lowest BCUT2D eigenvalue weighted by atomic mass is 10.0. The zero-order valence-corrected chi connectivity index (χ0v) is 6.92. The van der Waals surface area contributed by atoms with Crippen LogP contribution in [0, 0.1) is 12.3 Å². The summed E-state index contributed by atoms with van der Waals surface area (Å²) in [5, 5.41) is 35.3. The number of Topliss-reactive ketones (excluding diaryl/α,β-unsaturated/α-hetero) is 1. The highest BCUT2D eigenvalue weighted by Gasteiger charge is 2.28. The summed E-state index contributed by atoms with van der Waals surface area (Å²) in [7, 11) is 0. The smallest absolute Gasteiger partial charge is 0.175 e. The van der Waals surface area contributed by atoms with Gasteiger partial charge in [0, 0.05) is 0 Å². The van der Waals surface area contributed by atoms with Gasteiger partial charge in [0.25, 0.3) is 0 Å². The molecule has 0 aliphatic carbocycles. The lowest BCUT2D eigenvalue weighted by Gasteiger charge is -2.19. The van der Waals surface area contributed by atoms with Gasteiger partial charge in [-0.05, 0) is 0 Å². The van der Waals surface area contributed by atoms with Gasteiger partial charge in [0.05, 0.1) is 13.0 Å². The molecule has 0 aromatic heterocycles. The second-order valence-electron chi connectivity index (χ2n) is 2.53. The molecular weight excluding hydrogens is 176 g/mol. The molecule has 0 radical (unpaired) electrons. The molecule has 4 N–H and O–H groups in total. The fourth-order valence-corrected chi connectivity index (χ4v) is 0.714. The van der Waals surface area contributed by atoms with Gasteiger partial charge >= 0.3 is 0 Å². The second-order valence-corrected chi connectivity index (χ2v) is 2.53. The fraction of sp³-hybridized carbons (Fsp3) is 0.625. The van der Waals surface area contributed by atoms with E-state index in [0.29, 0.717) is 0 Å². The molecule has 0 amide bonds. The molecule has 0 saturated heterocycles. The highest BCUT2D eigenvalue weighted by Crippen LogP contribution is 2.02. The highest BCUT2D eigenvalue weighted by molar-refractivity contribution is 5.85. The third-order valence-electron chi connectivity index (χ3n) is 1.51. The third kappa shape index (κ3) is 3.53. The van der Waals surface area contributed by atoms with Crippen LogP contribution in [0.2, 0.25) is 0 Å². The van der Waals surface area contributed by atoms with Crippen molar-refractivity contribution in [3.05, 3.63) is 0 Å². The van der Waals surface area contributed by atoms with Gasteiger partial charge in [-0.3, -0.25) is 4.79 Å². The van der Waals surface area contributed by atoms with E-state index in [4.69, 9.17) is 26.8 Å². The van der Waals surface area contributed by atoms with Gasteiger partial charge in [-0.15, -0.1) is 6.42 Å². The van der Waals surface area contributed by atoms with Crippen LogP contribution in [-0.4, -0.2) is 51.1 Å². The zero-order valence-electron chi connectivity index (χ0n) is 6.92. The van der Waals surface area contributed by atoms with Crippen molar-refractivity contribution in [1.82, 2.24) is 0 Å². The van der Waals surface area contributed by atoms with E-state index < -0.39 is 30.7 Å². The average molecular weight is 188 g/mol. The molecule has 0 fully saturated rings. The first kappa shape index (κ1) is 12.1. The summed E-state index contributed by atoms with van der Waals surface area (Å²) in [5.74, 6) is 1.23. The van der Waals surface area contributed by atoms with E-state index in [1.54, 1.807) is 0 Å². The summed E-state index contributed by atoms with van der Waals surface area (Å²) in [5.41, 5.74) is 0. The Bertz CT molecular complexity index is 207. The van der Waals surface area contributed by atoms with Crippen LogP contribution in [0.3, 0.4) is 0 Å². The number of carbonyl (C=O) groups is 1. The minimum Gasteiger partial charge on any atom is -0.394 e. The topological polar surface area (TPSA) is 98.0 Å². The van der Waals surface area contributed by atoms with Gasteiger partial charge in [-0.25, -0.2) is 0 Å². The number of hydrogen-bond acceptors (Lipinski definition) is 5. The van der Waals surface area contributed by atoms with E-state index in [1.165, 1.54) is 0 Å². The quantitative estimate of drug-likeness (QED) is 0.362. The van der Waals surface area contributed by atoms with Crippen molar-refractivity contribution in [2.24, 2.45) is 0 Å². The molecule has 3 atom stereocenters. The molecule has 0 saturated carbocycles. The maximum Gasteiger partial charge on any atom is 0.175 e. The minimum absolute atomic E-state index is 0.323. The maximum absolute atomic E-state index is 10.9. The summed E-state index contributed by atoms with van der Waals surface area (Å²) in [6.07, 6.45) is -0.522.